The second-order valence-electron chi connectivity index (χ2n) is 6.89. The molecular formula is C21H15F3N4O8. The smallest absolute Gasteiger partial charge is 0.416 e. The first-order valence-corrected chi connectivity index (χ1v) is 9.86. The quantitative estimate of drug-likeness (QED) is 0.324. The van der Waals surface area contributed by atoms with E-state index in [0.717, 1.165) is 6.07 Å². The third-order valence-corrected chi connectivity index (χ3v) is 4.48. The Bertz CT molecular complexity index is 1420. The molecule has 188 valence electrons. The fourth-order valence-corrected chi connectivity index (χ4v) is 2.91. The molecule has 0 amide bonds. The first kappa shape index (κ1) is 25.7. The molecule has 36 heavy (non-hydrogen) atoms. The number of benzene rings is 2. The lowest BCUT2D eigenvalue weighted by molar-refractivity contribution is -0.387. The van der Waals surface area contributed by atoms with Crippen molar-refractivity contribution in [2.75, 3.05) is 6.61 Å². The van der Waals surface area contributed by atoms with E-state index in [-0.39, 0.29) is 23.9 Å². The van der Waals surface area contributed by atoms with Gasteiger partial charge in [-0.3, -0.25) is 25.0 Å². The molecule has 2 aromatic carbocycles. The summed E-state index contributed by atoms with van der Waals surface area (Å²) in [4.78, 5) is 37.4. The number of hydrogen-bond donors (Lipinski definition) is 2. The zero-order chi connectivity index (χ0) is 26.6. The second kappa shape index (κ2) is 10.1. The molecule has 15 heteroatoms. The van der Waals surface area contributed by atoms with Crippen molar-refractivity contribution in [3.63, 3.8) is 0 Å². The topological polar surface area (TPSA) is 171 Å². The molecule has 2 N–H and O–H groups in total. The number of aromatic nitrogens is 2. The van der Waals surface area contributed by atoms with E-state index < -0.39 is 50.1 Å². The van der Waals surface area contributed by atoms with Crippen molar-refractivity contribution in [3.05, 3.63) is 83.9 Å². The number of nitro benzene ring substituents is 1. The summed E-state index contributed by atoms with van der Waals surface area (Å²) in [6, 6.07) is 6.05. The van der Waals surface area contributed by atoms with Gasteiger partial charge in [-0.15, -0.1) is 0 Å². The summed E-state index contributed by atoms with van der Waals surface area (Å²) < 4.78 is 49.8. The van der Waals surface area contributed by atoms with Crippen LogP contribution in [0.3, 0.4) is 0 Å². The summed E-state index contributed by atoms with van der Waals surface area (Å²) in [6.45, 7) is 1.78. The van der Waals surface area contributed by atoms with Crippen molar-refractivity contribution < 1.29 is 37.6 Å². The highest BCUT2D eigenvalue weighted by atomic mass is 19.4. The summed E-state index contributed by atoms with van der Waals surface area (Å²) in [5, 5.41) is 31.7. The first-order chi connectivity index (χ1) is 16.9. The van der Waals surface area contributed by atoms with Crippen molar-refractivity contribution in [2.45, 2.75) is 13.1 Å². The van der Waals surface area contributed by atoms with Gasteiger partial charge < -0.3 is 19.6 Å². The van der Waals surface area contributed by atoms with Crippen LogP contribution in [-0.2, 0) is 6.18 Å². The number of ether oxygens (including phenoxy) is 2. The number of alkyl halides is 3. The average Bonchev–Trinajstić information content (AvgIpc) is 2.78. The number of hydrogen-bond acceptors (Lipinski definition) is 9. The largest absolute Gasteiger partial charge is 0.490 e. The van der Waals surface area contributed by atoms with Gasteiger partial charge in [0.15, 0.2) is 11.5 Å². The van der Waals surface area contributed by atoms with E-state index >= 15 is 0 Å². The first-order valence-electron chi connectivity index (χ1n) is 9.86. The van der Waals surface area contributed by atoms with Crippen LogP contribution in [0.4, 0.5) is 24.5 Å². The molecular weight excluding hydrogens is 493 g/mol. The lowest BCUT2D eigenvalue weighted by Crippen LogP contribution is -2.14. The van der Waals surface area contributed by atoms with E-state index in [0.29, 0.717) is 17.7 Å². The maximum atomic E-state index is 12.9. The predicted octanol–water partition coefficient (Wildman–Crippen LogP) is 4.67. The van der Waals surface area contributed by atoms with Gasteiger partial charge in [0, 0.05) is 6.07 Å². The van der Waals surface area contributed by atoms with Crippen molar-refractivity contribution >= 4 is 23.5 Å². The number of halogens is 3. The lowest BCUT2D eigenvalue weighted by Gasteiger charge is -2.13. The highest BCUT2D eigenvalue weighted by Crippen LogP contribution is 2.40. The normalized spacial score (nSPS) is 11.4. The molecule has 0 aliphatic rings. The Labute approximate surface area is 198 Å². The molecule has 0 atom stereocenters. The fourth-order valence-electron chi connectivity index (χ4n) is 2.91. The maximum Gasteiger partial charge on any atom is 0.416 e. The molecule has 0 fully saturated rings. The molecule has 0 saturated carbocycles. The summed E-state index contributed by atoms with van der Waals surface area (Å²) in [7, 11) is 0. The molecule has 0 radical (unpaired) electrons. The van der Waals surface area contributed by atoms with Crippen LogP contribution in [0.2, 0.25) is 0 Å². The number of nitro groups is 2. The van der Waals surface area contributed by atoms with Gasteiger partial charge in [-0.2, -0.15) is 18.2 Å². The van der Waals surface area contributed by atoms with Crippen LogP contribution in [0.15, 0.2) is 41.2 Å². The van der Waals surface area contributed by atoms with Gasteiger partial charge in [-0.05, 0) is 42.8 Å². The Balaban J connectivity index is 1.93. The third-order valence-electron chi connectivity index (χ3n) is 4.48. The number of rotatable bonds is 8. The SMILES string of the molecule is CCOc1cc(/C=C\c2nc(O)c([N+](=O)[O-])c(=O)[nH]2)ccc1Oc1ccc(C(F)(F)F)cc1[N+](=O)[O-]. The number of nitrogens with one attached hydrogen (secondary N) is 1. The molecule has 3 rings (SSSR count). The van der Waals surface area contributed by atoms with E-state index in [2.05, 4.69) is 9.97 Å². The molecule has 0 aliphatic heterocycles. The van der Waals surface area contributed by atoms with E-state index in [1.165, 1.54) is 30.4 Å². The molecule has 0 aliphatic carbocycles. The molecule has 1 heterocycles. The van der Waals surface area contributed by atoms with Crippen LogP contribution in [0.25, 0.3) is 12.2 Å². The van der Waals surface area contributed by atoms with Gasteiger partial charge in [0.1, 0.15) is 5.82 Å². The number of nitrogens with zero attached hydrogens (tertiary/aromatic N) is 3. The Kier molecular flexibility index (Phi) is 7.22. The Hall–Kier alpha value is -4.95. The third kappa shape index (κ3) is 5.75. The van der Waals surface area contributed by atoms with E-state index in [1.54, 1.807) is 6.92 Å². The monoisotopic (exact) mass is 508 g/mol. The molecule has 0 saturated heterocycles. The molecule has 0 spiro atoms. The van der Waals surface area contributed by atoms with Crippen LogP contribution in [0.5, 0.6) is 23.1 Å². The lowest BCUT2D eigenvalue weighted by atomic mass is 10.1. The minimum atomic E-state index is -4.78. The van der Waals surface area contributed by atoms with E-state index in [9.17, 15) is 43.3 Å². The van der Waals surface area contributed by atoms with Gasteiger partial charge in [-0.25, -0.2) is 0 Å². The molecule has 0 bridgehead atoms. The minimum Gasteiger partial charge on any atom is -0.490 e. The highest BCUT2D eigenvalue weighted by Gasteiger charge is 2.33. The van der Waals surface area contributed by atoms with Crippen molar-refractivity contribution in [2.24, 2.45) is 0 Å². The summed E-state index contributed by atoms with van der Waals surface area (Å²) in [5.41, 5.74) is -3.96. The highest BCUT2D eigenvalue weighted by molar-refractivity contribution is 5.69. The van der Waals surface area contributed by atoms with Gasteiger partial charge in [0.05, 0.1) is 22.0 Å². The van der Waals surface area contributed by atoms with Crippen molar-refractivity contribution in [1.29, 1.82) is 0 Å². The zero-order valence-electron chi connectivity index (χ0n) is 18.1. The molecule has 3 aromatic rings. The van der Waals surface area contributed by atoms with E-state index in [4.69, 9.17) is 9.47 Å². The second-order valence-corrected chi connectivity index (χ2v) is 6.89. The minimum absolute atomic E-state index is 0.0311. The van der Waals surface area contributed by atoms with Gasteiger partial charge in [0.25, 0.3) is 5.88 Å². The molecule has 0 unspecified atom stereocenters. The van der Waals surface area contributed by atoms with Crippen molar-refractivity contribution in [3.8, 4) is 23.1 Å². The standard InChI is InChI=1S/C21H15F3N4O8/c1-2-35-16-9-11(4-8-17-25-19(29)18(28(33)34)20(30)26-17)3-6-15(16)36-14-7-5-12(21(22,23)24)10-13(14)27(31)32/h3-10H,2H2,1H3,(H2,25,26,29,30)/b8-4-. The van der Waals surface area contributed by atoms with Gasteiger partial charge in [-0.1, -0.05) is 12.1 Å². The summed E-state index contributed by atoms with van der Waals surface area (Å²) in [6.07, 6.45) is -2.15. The van der Waals surface area contributed by atoms with Crippen LogP contribution < -0.4 is 15.0 Å². The number of H-pyrrole nitrogens is 1. The predicted molar refractivity (Wildman–Crippen MR) is 118 cm³/mol. The average molecular weight is 508 g/mol. The summed E-state index contributed by atoms with van der Waals surface area (Å²) >= 11 is 0. The fraction of sp³-hybridized carbons (Fsp3) is 0.143. The number of aromatic amines is 1. The van der Waals surface area contributed by atoms with Gasteiger partial charge >= 0.3 is 23.1 Å². The van der Waals surface area contributed by atoms with Crippen molar-refractivity contribution in [1.82, 2.24) is 9.97 Å². The maximum absolute atomic E-state index is 12.9. The summed E-state index contributed by atoms with van der Waals surface area (Å²) in [5.74, 6) is -1.65. The van der Waals surface area contributed by atoms with Crippen LogP contribution in [0, 0.1) is 20.2 Å². The zero-order valence-corrected chi connectivity index (χ0v) is 18.1. The Morgan fingerprint density at radius 3 is 2.33 bits per heavy atom. The van der Waals surface area contributed by atoms with Gasteiger partial charge in [0.2, 0.25) is 5.75 Å². The molecule has 12 nitrogen and oxygen atoms in total. The van der Waals surface area contributed by atoms with Crippen LogP contribution in [0.1, 0.15) is 23.9 Å². The molecule has 1 aromatic heterocycles. The Morgan fingerprint density at radius 2 is 1.75 bits per heavy atom. The number of aromatic hydroxyl groups is 1. The van der Waals surface area contributed by atoms with Crippen LogP contribution in [-0.4, -0.2) is 31.5 Å². The Morgan fingerprint density at radius 1 is 1.06 bits per heavy atom. The van der Waals surface area contributed by atoms with Crippen LogP contribution >= 0.6 is 0 Å². The van der Waals surface area contributed by atoms with E-state index in [1.807, 2.05) is 0 Å².